The molecule has 1 spiro atoms. The third kappa shape index (κ3) is 6.07. The first-order valence-electron chi connectivity index (χ1n) is 24.0. The van der Waals surface area contributed by atoms with E-state index in [0.717, 1.165) is 59.3 Å². The maximum absolute atomic E-state index is 15.6. The summed E-state index contributed by atoms with van der Waals surface area (Å²) in [6.45, 7) is 10.7. The smallest absolute Gasteiger partial charge is 0.344 e. The molecule has 2 bridgehead atoms. The first kappa shape index (κ1) is 44.2. The number of esters is 3. The van der Waals surface area contributed by atoms with E-state index in [1.54, 1.807) is 7.11 Å². The lowest BCUT2D eigenvalue weighted by atomic mass is 9.47. The predicted molar refractivity (Wildman–Crippen MR) is 246 cm³/mol. The molecule has 7 aliphatic rings. The van der Waals surface area contributed by atoms with Gasteiger partial charge in [0.05, 0.1) is 33.0 Å². The Labute approximate surface area is 382 Å². The van der Waals surface area contributed by atoms with Crippen LogP contribution in [0.25, 0.3) is 10.9 Å². The number of H-pyrrole nitrogens is 1. The fraction of sp³-hybridized carbons (Fsp3) is 0.627. The Balaban J connectivity index is 1.26. The van der Waals surface area contributed by atoms with Crippen LogP contribution in [0.5, 0.6) is 5.75 Å². The third-order valence-electron chi connectivity index (χ3n) is 17.4. The van der Waals surface area contributed by atoms with E-state index < -0.39 is 57.5 Å². The number of ether oxygens (including phenoxy) is 4. The number of rotatable bonds is 8. The fourth-order valence-electron chi connectivity index (χ4n) is 14.9. The van der Waals surface area contributed by atoms with Gasteiger partial charge < -0.3 is 43.9 Å². The van der Waals surface area contributed by atoms with E-state index in [1.165, 1.54) is 33.3 Å². The predicted octanol–water partition coefficient (Wildman–Crippen LogP) is 4.98. The van der Waals surface area contributed by atoms with E-state index in [9.17, 15) is 19.8 Å². The van der Waals surface area contributed by atoms with Crippen molar-refractivity contribution in [3.63, 3.8) is 0 Å². The van der Waals surface area contributed by atoms with Crippen molar-refractivity contribution in [2.45, 2.75) is 119 Å². The summed E-state index contributed by atoms with van der Waals surface area (Å²) in [5.74, 6) is -1.55. The highest BCUT2D eigenvalue weighted by Gasteiger charge is 2.80. The molecule has 4 fully saturated rings. The molecule has 65 heavy (non-hydrogen) atoms. The van der Waals surface area contributed by atoms with Crippen molar-refractivity contribution >= 4 is 40.2 Å². The molecule has 1 aromatic heterocycles. The number of aromatic amines is 1. The molecule has 1 saturated carbocycles. The van der Waals surface area contributed by atoms with Crippen molar-refractivity contribution < 1.29 is 43.5 Å². The van der Waals surface area contributed by atoms with Gasteiger partial charge in [0.1, 0.15) is 11.2 Å². The molecule has 3 saturated heterocycles. The summed E-state index contributed by atoms with van der Waals surface area (Å²) in [4.78, 5) is 56.3. The average molecular weight is 894 g/mol. The number of benzene rings is 2. The Bertz CT molecular complexity index is 2450. The van der Waals surface area contributed by atoms with Crippen molar-refractivity contribution in [1.82, 2.24) is 14.8 Å². The van der Waals surface area contributed by atoms with Crippen LogP contribution >= 0.6 is 0 Å². The van der Waals surface area contributed by atoms with Gasteiger partial charge >= 0.3 is 17.9 Å². The summed E-state index contributed by atoms with van der Waals surface area (Å²) >= 11 is 0. The van der Waals surface area contributed by atoms with Gasteiger partial charge in [0.2, 0.25) is 5.60 Å². The number of fused-ring (bicyclic) bond motifs is 6. The van der Waals surface area contributed by atoms with E-state index in [2.05, 4.69) is 56.1 Å². The number of aliphatic hydroxyl groups is 2. The van der Waals surface area contributed by atoms with Crippen LogP contribution in [-0.4, -0.2) is 146 Å². The first-order chi connectivity index (χ1) is 31.2. The normalized spacial score (nSPS) is 36.1. The molecule has 7 heterocycles. The van der Waals surface area contributed by atoms with Gasteiger partial charge in [-0.3, -0.25) is 19.4 Å². The number of methoxy groups -OCH3 is 3. The number of nitrogens with zero attached hydrogens (tertiary/aromatic N) is 4. The Kier molecular flexibility index (Phi) is 10.7. The molecule has 3 N–H and O–H groups in total. The molecule has 10 atom stereocenters. The highest BCUT2D eigenvalue weighted by atomic mass is 16.6. The topological polar surface area (TPSA) is 157 Å². The summed E-state index contributed by atoms with van der Waals surface area (Å²) in [6, 6.07) is 9.49. The van der Waals surface area contributed by atoms with Gasteiger partial charge in [0.15, 0.2) is 6.10 Å². The molecule has 2 unspecified atom stereocenters. The van der Waals surface area contributed by atoms with Crippen LogP contribution in [0.1, 0.15) is 94.5 Å². The zero-order chi connectivity index (χ0) is 45.8. The molecule has 14 heteroatoms. The SMILES string of the molecule is CC[C@]1(O)C[C@H]2CN(CCc3c([nH]c4ccc(N5CCCCC5)cc34)[C@@](C(=O)OC)(c3cc4c(cc3OC)N(C)C3[C@]45CCN4CC=C[C@@](CC)([C@@H](OC(C)=O)[C@]3(O)C(=O)OC)[C@H]45)C2)C1. The fourth-order valence-corrected chi connectivity index (χ4v) is 14.9. The van der Waals surface area contributed by atoms with Gasteiger partial charge in [0.25, 0.3) is 0 Å². The van der Waals surface area contributed by atoms with E-state index in [0.29, 0.717) is 82.6 Å². The Hall–Kier alpha value is -4.63. The number of piperidine rings is 2. The quantitative estimate of drug-likeness (QED) is 0.158. The number of anilines is 2. The molecule has 6 aliphatic heterocycles. The van der Waals surface area contributed by atoms with Gasteiger partial charge in [-0.05, 0) is 106 Å². The van der Waals surface area contributed by atoms with E-state index >= 15 is 4.79 Å². The molecule has 0 amide bonds. The lowest BCUT2D eigenvalue weighted by Crippen LogP contribution is -2.81. The number of carbonyl (C=O) groups is 3. The van der Waals surface area contributed by atoms with Gasteiger partial charge in [0, 0.05) is 110 Å². The van der Waals surface area contributed by atoms with Gasteiger partial charge in [-0.15, -0.1) is 0 Å². The lowest BCUT2D eigenvalue weighted by molar-refractivity contribution is -0.228. The standard InChI is InChI=1S/C51H67N5O9/c1-8-47(60)27-32-28-50(45(58)63-6,41-34(16-22-54(29-32)30-47)35-24-33(14-15-38(35)52-41)55-19-11-10-12-20-55)37-25-36-39(26-40(37)62-5)53(4)43-49(36)18-23-56-21-13-17-48(9-2,42(49)56)44(65-31(3)57)51(43,61)46(59)64-7/h13-15,17,24-26,32,42-44,52,60-61H,8-12,16,18-23,27-30H2,1-7H3/t32-,42+,43?,44-,47+,48-,49-,50+,51+/m1/s1. The molecule has 3 aromatic rings. The molecule has 14 nitrogen and oxygen atoms in total. The number of likely N-dealkylation sites (N-methyl/N-ethyl adjacent to an activating group) is 1. The van der Waals surface area contributed by atoms with E-state index in [4.69, 9.17) is 18.9 Å². The van der Waals surface area contributed by atoms with Crippen LogP contribution in [0, 0.1) is 11.3 Å². The molecule has 350 valence electrons. The Morgan fingerprint density at radius 2 is 1.66 bits per heavy atom. The maximum Gasteiger partial charge on any atom is 0.344 e. The van der Waals surface area contributed by atoms with E-state index in [-0.39, 0.29) is 12.0 Å². The Morgan fingerprint density at radius 1 is 0.892 bits per heavy atom. The van der Waals surface area contributed by atoms with Crippen molar-refractivity contribution in [3.8, 4) is 5.75 Å². The zero-order valence-electron chi connectivity index (χ0n) is 39.2. The summed E-state index contributed by atoms with van der Waals surface area (Å²) in [5, 5.41) is 26.7. The maximum atomic E-state index is 15.6. The number of nitrogens with one attached hydrogen (secondary N) is 1. The number of aromatic nitrogens is 1. The van der Waals surface area contributed by atoms with Crippen LogP contribution in [0.3, 0.4) is 0 Å². The minimum absolute atomic E-state index is 0.109. The number of hydrogen-bond donors (Lipinski definition) is 3. The van der Waals surface area contributed by atoms with Crippen molar-refractivity contribution in [2.75, 3.05) is 84.0 Å². The Morgan fingerprint density at radius 3 is 2.35 bits per heavy atom. The lowest BCUT2D eigenvalue weighted by Gasteiger charge is -2.63. The van der Waals surface area contributed by atoms with Gasteiger partial charge in [-0.2, -0.15) is 0 Å². The highest BCUT2D eigenvalue weighted by molar-refractivity contribution is 5.96. The molecular formula is C51H67N5O9. The minimum atomic E-state index is -2.31. The second-order valence-corrected chi connectivity index (χ2v) is 20.4. The highest BCUT2D eigenvalue weighted by Crippen LogP contribution is 2.68. The largest absolute Gasteiger partial charge is 0.496 e. The van der Waals surface area contributed by atoms with E-state index in [1.807, 2.05) is 31.9 Å². The summed E-state index contributed by atoms with van der Waals surface area (Å²) in [5.41, 5.74) is -0.426. The van der Waals surface area contributed by atoms with Crippen LogP contribution < -0.4 is 14.5 Å². The first-order valence-corrected chi connectivity index (χ1v) is 24.0. The number of hydrogen-bond acceptors (Lipinski definition) is 13. The minimum Gasteiger partial charge on any atom is -0.496 e. The third-order valence-corrected chi connectivity index (χ3v) is 17.4. The summed E-state index contributed by atoms with van der Waals surface area (Å²) in [6.07, 6.45) is 9.48. The van der Waals surface area contributed by atoms with Crippen LogP contribution in [0.15, 0.2) is 42.5 Å². The molecule has 0 radical (unpaired) electrons. The van der Waals surface area contributed by atoms with Gasteiger partial charge in [-0.1, -0.05) is 26.0 Å². The molecule has 10 rings (SSSR count). The van der Waals surface area contributed by atoms with Crippen molar-refractivity contribution in [1.29, 1.82) is 0 Å². The molecule has 2 aromatic carbocycles. The summed E-state index contributed by atoms with van der Waals surface area (Å²) in [7, 11) is 6.22. The second kappa shape index (κ2) is 15.7. The van der Waals surface area contributed by atoms with Crippen LogP contribution in [-0.2, 0) is 45.8 Å². The van der Waals surface area contributed by atoms with Crippen LogP contribution in [0.4, 0.5) is 11.4 Å². The summed E-state index contributed by atoms with van der Waals surface area (Å²) < 4.78 is 24.2. The molecule has 1 aliphatic carbocycles. The van der Waals surface area contributed by atoms with Crippen LogP contribution in [0.2, 0.25) is 0 Å². The van der Waals surface area contributed by atoms with Crippen molar-refractivity contribution in [3.05, 3.63) is 64.9 Å². The monoisotopic (exact) mass is 893 g/mol. The average Bonchev–Trinajstić information content (AvgIpc) is 3.97. The molecular weight excluding hydrogens is 827 g/mol. The zero-order valence-corrected chi connectivity index (χ0v) is 39.2. The number of carbonyl (C=O) groups excluding carboxylic acids is 3. The second-order valence-electron chi connectivity index (χ2n) is 20.4. The van der Waals surface area contributed by atoms with Crippen molar-refractivity contribution in [2.24, 2.45) is 11.3 Å². The van der Waals surface area contributed by atoms with Gasteiger partial charge in [-0.25, -0.2) is 4.79 Å².